The zero-order chi connectivity index (χ0) is 14.9. The standard InChI is InChI=1S/C15H12F2O3/c1-8-6-10(11(15(18)19)7-12(8)16)9-4-3-5-13(20-2)14(9)17/h3-7H,1-2H3,(H,18,19). The zero-order valence-electron chi connectivity index (χ0n) is 10.9. The lowest BCUT2D eigenvalue weighted by Crippen LogP contribution is -2.03. The minimum absolute atomic E-state index is 0.000756. The monoisotopic (exact) mass is 278 g/mol. The summed E-state index contributed by atoms with van der Waals surface area (Å²) in [5, 5.41) is 9.14. The Balaban J connectivity index is 2.75. The van der Waals surface area contributed by atoms with Crippen LogP contribution in [0.2, 0.25) is 0 Å². The number of methoxy groups -OCH3 is 1. The van der Waals surface area contributed by atoms with Crippen LogP contribution in [0.4, 0.5) is 8.78 Å². The van der Waals surface area contributed by atoms with E-state index < -0.39 is 17.6 Å². The number of halogens is 2. The van der Waals surface area contributed by atoms with Crippen LogP contribution in [0.25, 0.3) is 11.1 Å². The average Bonchev–Trinajstić information content (AvgIpc) is 2.41. The van der Waals surface area contributed by atoms with E-state index in [2.05, 4.69) is 0 Å². The van der Waals surface area contributed by atoms with Gasteiger partial charge < -0.3 is 9.84 Å². The molecule has 1 N–H and O–H groups in total. The van der Waals surface area contributed by atoms with Crippen molar-refractivity contribution in [2.75, 3.05) is 7.11 Å². The van der Waals surface area contributed by atoms with E-state index in [4.69, 9.17) is 9.84 Å². The first-order valence-corrected chi connectivity index (χ1v) is 5.82. The summed E-state index contributed by atoms with van der Waals surface area (Å²) in [6.45, 7) is 1.49. The van der Waals surface area contributed by atoms with Gasteiger partial charge in [-0.15, -0.1) is 0 Å². The minimum Gasteiger partial charge on any atom is -0.494 e. The molecule has 3 nitrogen and oxygen atoms in total. The third-order valence-electron chi connectivity index (χ3n) is 3.00. The molecule has 20 heavy (non-hydrogen) atoms. The number of carboxylic acid groups (broad SMARTS) is 1. The second-order valence-electron chi connectivity index (χ2n) is 4.27. The van der Waals surface area contributed by atoms with Crippen molar-refractivity contribution >= 4 is 5.97 Å². The van der Waals surface area contributed by atoms with Gasteiger partial charge in [0.25, 0.3) is 0 Å². The predicted molar refractivity (Wildman–Crippen MR) is 70.0 cm³/mol. The van der Waals surface area contributed by atoms with Crippen molar-refractivity contribution in [2.45, 2.75) is 6.92 Å². The maximum Gasteiger partial charge on any atom is 0.336 e. The summed E-state index contributed by atoms with van der Waals surface area (Å²) >= 11 is 0. The number of ether oxygens (including phenoxy) is 1. The molecule has 0 spiro atoms. The zero-order valence-corrected chi connectivity index (χ0v) is 10.9. The highest BCUT2D eigenvalue weighted by Crippen LogP contribution is 2.32. The Morgan fingerprint density at radius 1 is 1.20 bits per heavy atom. The van der Waals surface area contributed by atoms with E-state index in [9.17, 15) is 13.6 Å². The van der Waals surface area contributed by atoms with Gasteiger partial charge >= 0.3 is 5.97 Å². The van der Waals surface area contributed by atoms with Crippen LogP contribution in [-0.4, -0.2) is 18.2 Å². The van der Waals surface area contributed by atoms with Gasteiger partial charge in [0.1, 0.15) is 5.82 Å². The lowest BCUT2D eigenvalue weighted by atomic mass is 9.96. The van der Waals surface area contributed by atoms with Crippen molar-refractivity contribution in [2.24, 2.45) is 0 Å². The summed E-state index contributed by atoms with van der Waals surface area (Å²) in [4.78, 5) is 11.2. The highest BCUT2D eigenvalue weighted by molar-refractivity contribution is 5.96. The lowest BCUT2D eigenvalue weighted by Gasteiger charge is -2.11. The fourth-order valence-electron chi connectivity index (χ4n) is 1.96. The van der Waals surface area contributed by atoms with Gasteiger partial charge in [0.2, 0.25) is 0 Å². The molecule has 0 amide bonds. The van der Waals surface area contributed by atoms with Crippen molar-refractivity contribution in [3.8, 4) is 16.9 Å². The molecule has 0 aliphatic carbocycles. The van der Waals surface area contributed by atoms with E-state index in [1.54, 1.807) is 6.07 Å². The molecule has 0 atom stereocenters. The minimum atomic E-state index is -1.32. The molecule has 0 radical (unpaired) electrons. The second-order valence-corrected chi connectivity index (χ2v) is 4.27. The molecule has 0 saturated heterocycles. The van der Waals surface area contributed by atoms with Crippen molar-refractivity contribution in [3.63, 3.8) is 0 Å². The molecule has 5 heteroatoms. The first kappa shape index (κ1) is 14.0. The molecule has 0 heterocycles. The lowest BCUT2D eigenvalue weighted by molar-refractivity contribution is 0.0697. The van der Waals surface area contributed by atoms with Crippen LogP contribution in [0.3, 0.4) is 0 Å². The van der Waals surface area contributed by atoms with Crippen molar-refractivity contribution in [3.05, 3.63) is 53.1 Å². The predicted octanol–water partition coefficient (Wildman–Crippen LogP) is 3.65. The van der Waals surface area contributed by atoms with Gasteiger partial charge in [-0.05, 0) is 36.2 Å². The third kappa shape index (κ3) is 2.34. The fraction of sp³-hybridized carbons (Fsp3) is 0.133. The Morgan fingerprint density at radius 2 is 1.90 bits per heavy atom. The summed E-state index contributed by atoms with van der Waals surface area (Å²) in [5.74, 6) is -2.64. The molecule has 0 aromatic heterocycles. The molecule has 2 aromatic rings. The number of rotatable bonds is 3. The molecule has 0 unspecified atom stereocenters. The maximum atomic E-state index is 14.2. The number of aryl methyl sites for hydroxylation is 1. The molecule has 0 saturated carbocycles. The number of hydrogen-bond donors (Lipinski definition) is 1. The topological polar surface area (TPSA) is 46.5 Å². The highest BCUT2D eigenvalue weighted by atomic mass is 19.1. The third-order valence-corrected chi connectivity index (χ3v) is 3.00. The number of carboxylic acids is 1. The average molecular weight is 278 g/mol. The largest absolute Gasteiger partial charge is 0.494 e. The summed E-state index contributed by atoms with van der Waals surface area (Å²) in [6, 6.07) is 6.61. The van der Waals surface area contributed by atoms with Gasteiger partial charge in [0, 0.05) is 5.56 Å². The Kier molecular flexibility index (Phi) is 3.70. The molecule has 2 aromatic carbocycles. The van der Waals surface area contributed by atoms with Gasteiger partial charge in [-0.3, -0.25) is 0 Å². The first-order chi connectivity index (χ1) is 9.45. The highest BCUT2D eigenvalue weighted by Gasteiger charge is 2.19. The number of carbonyl (C=O) groups is 1. The van der Waals surface area contributed by atoms with Crippen LogP contribution in [0.1, 0.15) is 15.9 Å². The van der Waals surface area contributed by atoms with Crippen LogP contribution in [0, 0.1) is 18.6 Å². The van der Waals surface area contributed by atoms with Gasteiger partial charge in [0.05, 0.1) is 12.7 Å². The summed E-state index contributed by atoms with van der Waals surface area (Å²) in [7, 11) is 1.32. The Hall–Kier alpha value is -2.43. The van der Waals surface area contributed by atoms with E-state index in [1.807, 2.05) is 0 Å². The summed E-state index contributed by atoms with van der Waals surface area (Å²) in [5.41, 5.74) is 0.130. The molecule has 0 aliphatic rings. The summed E-state index contributed by atoms with van der Waals surface area (Å²) in [6.07, 6.45) is 0. The van der Waals surface area contributed by atoms with Crippen LogP contribution in [0.5, 0.6) is 5.75 Å². The maximum absolute atomic E-state index is 14.2. The van der Waals surface area contributed by atoms with E-state index in [0.29, 0.717) is 0 Å². The van der Waals surface area contributed by atoms with Crippen LogP contribution < -0.4 is 4.74 Å². The van der Waals surface area contributed by atoms with E-state index >= 15 is 0 Å². The van der Waals surface area contributed by atoms with Gasteiger partial charge in [-0.25, -0.2) is 13.6 Å². The van der Waals surface area contributed by atoms with Crippen molar-refractivity contribution < 1.29 is 23.4 Å². The molecule has 0 aliphatic heterocycles. The SMILES string of the molecule is COc1cccc(-c2cc(C)c(F)cc2C(=O)O)c1F. The summed E-state index contributed by atoms with van der Waals surface area (Å²) < 4.78 is 32.6. The van der Waals surface area contributed by atoms with E-state index in [0.717, 1.165) is 6.07 Å². The Bertz CT molecular complexity index is 681. The normalized spacial score (nSPS) is 10.4. The van der Waals surface area contributed by atoms with Crippen molar-refractivity contribution in [1.29, 1.82) is 0 Å². The number of hydrogen-bond acceptors (Lipinski definition) is 2. The fourth-order valence-corrected chi connectivity index (χ4v) is 1.96. The van der Waals surface area contributed by atoms with E-state index in [-0.39, 0.29) is 28.0 Å². The second kappa shape index (κ2) is 5.28. The number of benzene rings is 2. The number of aromatic carboxylic acids is 1. The molecule has 0 fully saturated rings. The first-order valence-electron chi connectivity index (χ1n) is 5.82. The van der Waals surface area contributed by atoms with Crippen LogP contribution >= 0.6 is 0 Å². The molecular formula is C15H12F2O3. The van der Waals surface area contributed by atoms with E-state index in [1.165, 1.54) is 32.2 Å². The quantitative estimate of drug-likeness (QED) is 0.932. The molecular weight excluding hydrogens is 266 g/mol. The molecule has 0 bridgehead atoms. The van der Waals surface area contributed by atoms with Gasteiger partial charge in [-0.1, -0.05) is 12.1 Å². The smallest absolute Gasteiger partial charge is 0.336 e. The Morgan fingerprint density at radius 3 is 2.50 bits per heavy atom. The van der Waals surface area contributed by atoms with Crippen molar-refractivity contribution in [1.82, 2.24) is 0 Å². The molecule has 104 valence electrons. The molecule has 2 rings (SSSR count). The van der Waals surface area contributed by atoms with Gasteiger partial charge in [-0.2, -0.15) is 0 Å². The van der Waals surface area contributed by atoms with Crippen LogP contribution in [-0.2, 0) is 0 Å². The van der Waals surface area contributed by atoms with Gasteiger partial charge in [0.15, 0.2) is 11.6 Å². The Labute approximate surface area is 114 Å². The van der Waals surface area contributed by atoms with Crippen LogP contribution in [0.15, 0.2) is 30.3 Å².